The molecule has 4 heteroatoms. The minimum atomic E-state index is -0.535. The van der Waals surface area contributed by atoms with Gasteiger partial charge in [0.25, 0.3) is 0 Å². The number of ether oxygens (including phenoxy) is 2. The molecule has 0 unspecified atom stereocenters. The third kappa shape index (κ3) is 5.64. The van der Waals surface area contributed by atoms with Crippen LogP contribution >= 0.6 is 15.9 Å². The summed E-state index contributed by atoms with van der Waals surface area (Å²) in [4.78, 5) is 12.1. The Bertz CT molecular complexity index is 521. The maximum absolute atomic E-state index is 12.1. The molecule has 0 N–H and O–H groups in total. The normalized spacial score (nSPS) is 11.6. The zero-order chi connectivity index (χ0) is 16.9. The Labute approximate surface area is 142 Å². The third-order valence-corrected chi connectivity index (χ3v) is 4.40. The number of aryl methyl sites for hydroxylation is 2. The van der Waals surface area contributed by atoms with Gasteiger partial charge in [0.1, 0.15) is 5.75 Å². The van der Waals surface area contributed by atoms with Gasteiger partial charge in [-0.1, -0.05) is 29.8 Å². The second-order valence-corrected chi connectivity index (χ2v) is 7.70. The lowest BCUT2D eigenvalue weighted by atomic mass is 9.90. The second kappa shape index (κ2) is 8.00. The van der Waals surface area contributed by atoms with Crippen LogP contribution in [0.1, 0.15) is 45.2 Å². The van der Waals surface area contributed by atoms with Gasteiger partial charge in [-0.3, -0.25) is 4.79 Å². The van der Waals surface area contributed by atoms with Crippen molar-refractivity contribution in [2.75, 3.05) is 13.2 Å². The van der Waals surface area contributed by atoms with Crippen LogP contribution in [0.25, 0.3) is 0 Å². The number of carbonyl (C=O) groups is 1. The van der Waals surface area contributed by atoms with Gasteiger partial charge in [0.15, 0.2) is 0 Å². The predicted molar refractivity (Wildman–Crippen MR) is 93.3 cm³/mol. The van der Waals surface area contributed by atoms with E-state index in [9.17, 15) is 4.79 Å². The van der Waals surface area contributed by atoms with Crippen molar-refractivity contribution < 1.29 is 14.3 Å². The van der Waals surface area contributed by atoms with Crippen LogP contribution in [0.3, 0.4) is 0 Å². The summed E-state index contributed by atoms with van der Waals surface area (Å²) in [6.07, 6.45) is 0.623. The molecule has 0 atom stereocenters. The molecule has 22 heavy (non-hydrogen) atoms. The van der Waals surface area contributed by atoms with E-state index in [0.29, 0.717) is 25.6 Å². The van der Waals surface area contributed by atoms with Gasteiger partial charge in [-0.2, -0.15) is 0 Å². The first-order valence-corrected chi connectivity index (χ1v) is 8.49. The lowest BCUT2D eigenvalue weighted by Gasteiger charge is -2.23. The molecule has 0 aliphatic rings. The molecule has 0 aliphatic carbocycles. The molecule has 0 aromatic heterocycles. The molecule has 0 aliphatic heterocycles. The zero-order valence-electron chi connectivity index (χ0n) is 14.5. The lowest BCUT2D eigenvalue weighted by molar-refractivity contribution is -0.155. The van der Waals surface area contributed by atoms with Gasteiger partial charge >= 0.3 is 5.97 Å². The number of esters is 1. The van der Waals surface area contributed by atoms with Gasteiger partial charge in [-0.15, -0.1) is 0 Å². The quantitative estimate of drug-likeness (QED) is 0.629. The van der Waals surface area contributed by atoms with Gasteiger partial charge in [0.2, 0.25) is 0 Å². The highest BCUT2D eigenvalue weighted by Crippen LogP contribution is 2.28. The highest BCUT2D eigenvalue weighted by molar-refractivity contribution is 9.10. The summed E-state index contributed by atoms with van der Waals surface area (Å²) < 4.78 is 12.3. The Morgan fingerprint density at radius 1 is 1.23 bits per heavy atom. The molecule has 0 saturated heterocycles. The number of hydrogen-bond donors (Lipinski definition) is 0. The molecule has 124 valence electrons. The SMILES string of the molecule is Cc1cc(OCCC(C)(C)C(=O)OCC(C)C)c(C)cc1Br. The average Bonchev–Trinajstić information content (AvgIpc) is 2.41. The van der Waals surface area contributed by atoms with E-state index in [1.54, 1.807) is 0 Å². The molecular weight excluding hydrogens is 344 g/mol. The summed E-state index contributed by atoms with van der Waals surface area (Å²) in [6, 6.07) is 4.07. The fourth-order valence-electron chi connectivity index (χ4n) is 1.87. The van der Waals surface area contributed by atoms with Crippen LogP contribution in [0.2, 0.25) is 0 Å². The van der Waals surface area contributed by atoms with Crippen LogP contribution in [0.4, 0.5) is 0 Å². The molecule has 0 amide bonds. The minimum Gasteiger partial charge on any atom is -0.493 e. The summed E-state index contributed by atoms with van der Waals surface area (Å²) >= 11 is 3.51. The smallest absolute Gasteiger partial charge is 0.311 e. The Balaban J connectivity index is 2.55. The van der Waals surface area contributed by atoms with Crippen molar-refractivity contribution in [1.29, 1.82) is 0 Å². The van der Waals surface area contributed by atoms with Crippen molar-refractivity contribution in [2.45, 2.75) is 48.0 Å². The Kier molecular flexibility index (Phi) is 6.92. The van der Waals surface area contributed by atoms with E-state index in [2.05, 4.69) is 15.9 Å². The van der Waals surface area contributed by atoms with E-state index in [0.717, 1.165) is 21.3 Å². The van der Waals surface area contributed by atoms with Gasteiger partial charge in [0, 0.05) is 4.47 Å². The molecule has 1 aromatic rings. The van der Waals surface area contributed by atoms with Crippen molar-refractivity contribution in [3.8, 4) is 5.75 Å². The van der Waals surface area contributed by atoms with E-state index in [-0.39, 0.29) is 5.97 Å². The van der Waals surface area contributed by atoms with Crippen molar-refractivity contribution in [3.05, 3.63) is 27.7 Å². The van der Waals surface area contributed by atoms with Crippen molar-refractivity contribution >= 4 is 21.9 Å². The van der Waals surface area contributed by atoms with E-state index in [4.69, 9.17) is 9.47 Å². The first kappa shape index (κ1) is 19.0. The van der Waals surface area contributed by atoms with Crippen LogP contribution < -0.4 is 4.74 Å². The highest BCUT2D eigenvalue weighted by Gasteiger charge is 2.29. The number of hydrogen-bond acceptors (Lipinski definition) is 3. The topological polar surface area (TPSA) is 35.5 Å². The van der Waals surface area contributed by atoms with Gasteiger partial charge in [0.05, 0.1) is 18.6 Å². The fourth-order valence-corrected chi connectivity index (χ4v) is 2.32. The summed E-state index contributed by atoms with van der Waals surface area (Å²) in [5.74, 6) is 1.06. The molecular formula is C18H27BrO3. The van der Waals surface area contributed by atoms with Gasteiger partial charge in [-0.05, 0) is 63.3 Å². The monoisotopic (exact) mass is 370 g/mol. The number of carbonyl (C=O) groups excluding carboxylic acids is 1. The van der Waals surface area contributed by atoms with Gasteiger partial charge < -0.3 is 9.47 Å². The minimum absolute atomic E-state index is 0.159. The van der Waals surface area contributed by atoms with Crippen LogP contribution in [-0.2, 0) is 9.53 Å². The molecule has 0 saturated carbocycles. The zero-order valence-corrected chi connectivity index (χ0v) is 16.0. The molecule has 0 heterocycles. The summed E-state index contributed by atoms with van der Waals surface area (Å²) in [5.41, 5.74) is 1.68. The van der Waals surface area contributed by atoms with Crippen molar-refractivity contribution in [2.24, 2.45) is 11.3 Å². The molecule has 0 radical (unpaired) electrons. The van der Waals surface area contributed by atoms with Gasteiger partial charge in [-0.25, -0.2) is 0 Å². The van der Waals surface area contributed by atoms with E-state index in [1.165, 1.54) is 0 Å². The first-order chi connectivity index (χ1) is 10.1. The Morgan fingerprint density at radius 2 is 1.86 bits per heavy atom. The lowest BCUT2D eigenvalue weighted by Crippen LogP contribution is -2.29. The summed E-state index contributed by atoms with van der Waals surface area (Å²) in [5, 5.41) is 0. The number of halogens is 1. The predicted octanol–water partition coefficient (Wildman–Crippen LogP) is 5.06. The molecule has 1 aromatic carbocycles. The fraction of sp³-hybridized carbons (Fsp3) is 0.611. The molecule has 1 rings (SSSR count). The highest BCUT2D eigenvalue weighted by atomic mass is 79.9. The Morgan fingerprint density at radius 3 is 2.45 bits per heavy atom. The molecule has 0 bridgehead atoms. The first-order valence-electron chi connectivity index (χ1n) is 7.70. The third-order valence-electron chi connectivity index (χ3n) is 3.54. The molecule has 0 fully saturated rings. The van der Waals surface area contributed by atoms with Crippen LogP contribution in [-0.4, -0.2) is 19.2 Å². The van der Waals surface area contributed by atoms with E-state index < -0.39 is 5.41 Å². The summed E-state index contributed by atoms with van der Waals surface area (Å²) in [7, 11) is 0. The van der Waals surface area contributed by atoms with Crippen LogP contribution in [0, 0.1) is 25.2 Å². The van der Waals surface area contributed by atoms with Crippen molar-refractivity contribution in [1.82, 2.24) is 0 Å². The average molecular weight is 371 g/mol. The molecule has 0 spiro atoms. The Hall–Kier alpha value is -1.03. The number of benzene rings is 1. The second-order valence-electron chi connectivity index (χ2n) is 6.84. The summed E-state index contributed by atoms with van der Waals surface area (Å²) in [6.45, 7) is 12.9. The maximum Gasteiger partial charge on any atom is 0.311 e. The maximum atomic E-state index is 12.1. The van der Waals surface area contributed by atoms with E-state index >= 15 is 0 Å². The van der Waals surface area contributed by atoms with Crippen LogP contribution in [0.15, 0.2) is 16.6 Å². The largest absolute Gasteiger partial charge is 0.493 e. The standard InChI is InChI=1S/C18H27BrO3/c1-12(2)11-22-17(20)18(5,6)7-8-21-16-10-13(3)15(19)9-14(16)4/h9-10,12H,7-8,11H2,1-6H3. The van der Waals surface area contributed by atoms with Crippen molar-refractivity contribution in [3.63, 3.8) is 0 Å². The van der Waals surface area contributed by atoms with E-state index in [1.807, 2.05) is 53.7 Å². The molecule has 3 nitrogen and oxygen atoms in total. The number of rotatable bonds is 7. The van der Waals surface area contributed by atoms with Crippen LogP contribution in [0.5, 0.6) is 5.75 Å².